The molecular formula is C14H27NO3. The van der Waals surface area contributed by atoms with E-state index in [9.17, 15) is 9.90 Å². The average molecular weight is 257 g/mol. The van der Waals surface area contributed by atoms with Gasteiger partial charge in [0, 0.05) is 32.2 Å². The summed E-state index contributed by atoms with van der Waals surface area (Å²) in [6.45, 7) is 5.36. The van der Waals surface area contributed by atoms with Crippen molar-refractivity contribution in [3.05, 3.63) is 0 Å². The molecule has 1 N–H and O–H groups in total. The van der Waals surface area contributed by atoms with E-state index in [1.54, 1.807) is 14.0 Å². The number of rotatable bonds is 7. The molecule has 0 aromatic heterocycles. The van der Waals surface area contributed by atoms with Crippen LogP contribution in [0.2, 0.25) is 0 Å². The highest BCUT2D eigenvalue weighted by atomic mass is 16.5. The monoisotopic (exact) mass is 257 g/mol. The van der Waals surface area contributed by atoms with E-state index in [1.807, 2.05) is 11.8 Å². The Hall–Kier alpha value is -0.610. The number of methoxy groups -OCH3 is 1. The quantitative estimate of drug-likeness (QED) is 0.708. The van der Waals surface area contributed by atoms with Gasteiger partial charge in [0.05, 0.1) is 6.10 Å². The van der Waals surface area contributed by atoms with Crippen LogP contribution in [-0.2, 0) is 9.53 Å². The molecular weight excluding hydrogens is 230 g/mol. The molecule has 1 fully saturated rings. The number of carbonyl (C=O) groups is 1. The van der Waals surface area contributed by atoms with E-state index in [1.165, 1.54) is 0 Å². The summed E-state index contributed by atoms with van der Waals surface area (Å²) in [7, 11) is 1.69. The molecule has 4 heteroatoms. The first kappa shape index (κ1) is 15.4. The lowest BCUT2D eigenvalue weighted by Crippen LogP contribution is -2.40. The van der Waals surface area contributed by atoms with Gasteiger partial charge in [-0.1, -0.05) is 6.92 Å². The van der Waals surface area contributed by atoms with Crippen LogP contribution in [0.25, 0.3) is 0 Å². The van der Waals surface area contributed by atoms with Crippen LogP contribution < -0.4 is 0 Å². The summed E-state index contributed by atoms with van der Waals surface area (Å²) in [6, 6.07) is 0.238. The highest BCUT2D eigenvalue weighted by Gasteiger charge is 2.31. The Bertz CT molecular complexity index is 255. The second-order valence-electron chi connectivity index (χ2n) is 5.45. The molecule has 0 radical (unpaired) electrons. The number of nitrogens with zero attached hydrogens (tertiary/aromatic N) is 1. The molecule has 18 heavy (non-hydrogen) atoms. The smallest absolute Gasteiger partial charge is 0.225 e. The molecule has 0 bridgehead atoms. The van der Waals surface area contributed by atoms with E-state index in [-0.39, 0.29) is 24.0 Å². The van der Waals surface area contributed by atoms with E-state index < -0.39 is 0 Å². The summed E-state index contributed by atoms with van der Waals surface area (Å²) in [4.78, 5) is 14.3. The van der Waals surface area contributed by atoms with Gasteiger partial charge in [-0.25, -0.2) is 0 Å². The lowest BCUT2D eigenvalue weighted by atomic mass is 10.0. The number of aliphatic hydroxyl groups is 1. The second-order valence-corrected chi connectivity index (χ2v) is 5.45. The topological polar surface area (TPSA) is 49.8 Å². The van der Waals surface area contributed by atoms with E-state index >= 15 is 0 Å². The Labute approximate surface area is 110 Å². The summed E-state index contributed by atoms with van der Waals surface area (Å²) >= 11 is 0. The van der Waals surface area contributed by atoms with Gasteiger partial charge in [-0.15, -0.1) is 0 Å². The minimum absolute atomic E-state index is 0.0646. The third-order valence-electron chi connectivity index (χ3n) is 3.68. The molecule has 4 nitrogen and oxygen atoms in total. The van der Waals surface area contributed by atoms with Crippen molar-refractivity contribution in [2.75, 3.05) is 20.3 Å². The van der Waals surface area contributed by atoms with Gasteiger partial charge in [0.2, 0.25) is 5.91 Å². The van der Waals surface area contributed by atoms with Gasteiger partial charge in [-0.05, 0) is 39.0 Å². The fourth-order valence-corrected chi connectivity index (χ4v) is 2.71. The first-order valence-corrected chi connectivity index (χ1v) is 7.03. The SMILES string of the molecule is COCCCC(C)C(=O)N1CCCC1CC(C)O. The zero-order valence-corrected chi connectivity index (χ0v) is 11.9. The highest BCUT2D eigenvalue weighted by Crippen LogP contribution is 2.24. The van der Waals surface area contributed by atoms with Crippen molar-refractivity contribution in [1.29, 1.82) is 0 Å². The zero-order chi connectivity index (χ0) is 13.5. The van der Waals surface area contributed by atoms with Gasteiger partial charge in [0.15, 0.2) is 0 Å². The van der Waals surface area contributed by atoms with Crippen molar-refractivity contribution >= 4 is 5.91 Å². The van der Waals surface area contributed by atoms with Gasteiger partial charge < -0.3 is 14.7 Å². The van der Waals surface area contributed by atoms with Crippen LogP contribution in [0.4, 0.5) is 0 Å². The average Bonchev–Trinajstić information content (AvgIpc) is 2.75. The summed E-state index contributed by atoms with van der Waals surface area (Å²) < 4.78 is 5.01. The third-order valence-corrected chi connectivity index (χ3v) is 3.68. The number of aliphatic hydroxyl groups excluding tert-OH is 1. The van der Waals surface area contributed by atoms with Gasteiger partial charge >= 0.3 is 0 Å². The minimum Gasteiger partial charge on any atom is -0.393 e. The molecule has 0 aliphatic carbocycles. The Morgan fingerprint density at radius 2 is 2.22 bits per heavy atom. The fourth-order valence-electron chi connectivity index (χ4n) is 2.71. The van der Waals surface area contributed by atoms with Crippen LogP contribution in [-0.4, -0.2) is 48.3 Å². The van der Waals surface area contributed by atoms with Crippen LogP contribution in [0.1, 0.15) is 46.0 Å². The molecule has 1 saturated heterocycles. The van der Waals surface area contributed by atoms with Crippen molar-refractivity contribution in [2.45, 2.75) is 58.1 Å². The first-order chi connectivity index (χ1) is 8.56. The highest BCUT2D eigenvalue weighted by molar-refractivity contribution is 5.79. The summed E-state index contributed by atoms with van der Waals surface area (Å²) in [5, 5.41) is 9.47. The largest absolute Gasteiger partial charge is 0.393 e. The molecule has 1 heterocycles. The summed E-state index contributed by atoms with van der Waals surface area (Å²) in [5.41, 5.74) is 0. The minimum atomic E-state index is -0.327. The molecule has 1 amide bonds. The predicted molar refractivity (Wildman–Crippen MR) is 71.3 cm³/mol. The number of hydrogen-bond donors (Lipinski definition) is 1. The Balaban J connectivity index is 2.43. The molecule has 0 aromatic carbocycles. The number of carbonyl (C=O) groups excluding carboxylic acids is 1. The normalized spacial score (nSPS) is 23.1. The third kappa shape index (κ3) is 4.58. The van der Waals surface area contributed by atoms with Gasteiger partial charge in [0.1, 0.15) is 0 Å². The molecule has 0 saturated carbocycles. The molecule has 106 valence electrons. The van der Waals surface area contributed by atoms with Crippen molar-refractivity contribution < 1.29 is 14.6 Å². The molecule has 1 aliphatic rings. The van der Waals surface area contributed by atoms with Gasteiger partial charge in [0.25, 0.3) is 0 Å². The van der Waals surface area contributed by atoms with Crippen molar-refractivity contribution in [3.8, 4) is 0 Å². The molecule has 3 unspecified atom stereocenters. The number of ether oxygens (including phenoxy) is 1. The Morgan fingerprint density at radius 1 is 1.50 bits per heavy atom. The number of hydrogen-bond acceptors (Lipinski definition) is 3. The van der Waals surface area contributed by atoms with E-state index in [0.717, 1.165) is 32.2 Å². The standard InChI is InChI=1S/C14H27NO3/c1-11(6-5-9-18-3)14(17)15-8-4-7-13(15)10-12(2)16/h11-13,16H,4-10H2,1-3H3. The van der Waals surface area contributed by atoms with E-state index in [2.05, 4.69) is 0 Å². The van der Waals surface area contributed by atoms with Crippen molar-refractivity contribution in [3.63, 3.8) is 0 Å². The lowest BCUT2D eigenvalue weighted by molar-refractivity contribution is -0.136. The van der Waals surface area contributed by atoms with Crippen LogP contribution in [0.3, 0.4) is 0 Å². The number of amides is 1. The maximum absolute atomic E-state index is 12.3. The van der Waals surface area contributed by atoms with Crippen LogP contribution in [0.5, 0.6) is 0 Å². The lowest BCUT2D eigenvalue weighted by Gasteiger charge is -2.28. The Kier molecular flexibility index (Phi) is 6.65. The maximum Gasteiger partial charge on any atom is 0.225 e. The van der Waals surface area contributed by atoms with Crippen LogP contribution in [0.15, 0.2) is 0 Å². The summed E-state index contributed by atoms with van der Waals surface area (Å²) in [6.07, 6.45) is 4.28. The Morgan fingerprint density at radius 3 is 2.83 bits per heavy atom. The molecule has 1 rings (SSSR count). The molecule has 3 atom stereocenters. The summed E-state index contributed by atoms with van der Waals surface area (Å²) in [5.74, 6) is 0.309. The first-order valence-electron chi connectivity index (χ1n) is 7.03. The molecule has 0 aromatic rings. The van der Waals surface area contributed by atoms with Crippen LogP contribution in [0, 0.1) is 5.92 Å². The molecule has 0 spiro atoms. The maximum atomic E-state index is 12.3. The zero-order valence-electron chi connectivity index (χ0n) is 11.9. The predicted octanol–water partition coefficient (Wildman–Crippen LogP) is 1.81. The van der Waals surface area contributed by atoms with Crippen molar-refractivity contribution in [2.24, 2.45) is 5.92 Å². The van der Waals surface area contributed by atoms with Crippen LogP contribution >= 0.6 is 0 Å². The molecule has 1 aliphatic heterocycles. The van der Waals surface area contributed by atoms with Gasteiger partial charge in [-0.3, -0.25) is 4.79 Å². The van der Waals surface area contributed by atoms with E-state index in [4.69, 9.17) is 4.74 Å². The van der Waals surface area contributed by atoms with Gasteiger partial charge in [-0.2, -0.15) is 0 Å². The van der Waals surface area contributed by atoms with E-state index in [0.29, 0.717) is 13.0 Å². The van der Waals surface area contributed by atoms with Crippen molar-refractivity contribution in [1.82, 2.24) is 4.90 Å². The second kappa shape index (κ2) is 7.74. The number of likely N-dealkylation sites (tertiary alicyclic amines) is 1. The fraction of sp³-hybridized carbons (Fsp3) is 0.929.